The van der Waals surface area contributed by atoms with E-state index < -0.39 is 43.2 Å². The molecule has 2 radical (unpaired) electrons. The fourth-order valence-corrected chi connectivity index (χ4v) is 7.04. The summed E-state index contributed by atoms with van der Waals surface area (Å²) in [5.41, 5.74) is 9.82. The Labute approximate surface area is 581 Å². The average Bonchev–Trinajstić information content (AvgIpc) is 0.790. The third-order valence-corrected chi connectivity index (χ3v) is 10.4. The van der Waals surface area contributed by atoms with Crippen LogP contribution in [0.5, 0.6) is 0 Å². The smallest absolute Gasteiger partial charge is 0.545 e. The van der Waals surface area contributed by atoms with Crippen molar-refractivity contribution in [2.45, 2.75) is 0 Å². The molecule has 11 rings (SSSR count). The number of halogens is 24. The number of rotatable bonds is 10. The van der Waals surface area contributed by atoms with Crippen molar-refractivity contribution in [2.75, 3.05) is 0 Å². The van der Waals surface area contributed by atoms with Gasteiger partial charge in [-0.1, -0.05) is 48.5 Å². The number of carbonyl (C=O) groups excluding carboxylic acids is 2. The molecule has 11 aromatic rings. The van der Waals surface area contributed by atoms with E-state index in [4.69, 9.17) is 9.97 Å². The van der Waals surface area contributed by atoms with Crippen LogP contribution in [-0.4, -0.2) is 71.7 Å². The van der Waals surface area contributed by atoms with E-state index >= 15 is 0 Å². The summed E-state index contributed by atoms with van der Waals surface area (Å²) in [5, 5.41) is 22.4. The van der Waals surface area contributed by atoms with Gasteiger partial charge in [-0.05, 0) is 121 Å². The second-order valence-corrected chi connectivity index (χ2v) is 26.7. The van der Waals surface area contributed by atoms with E-state index in [1.807, 2.05) is 97.1 Å². The van der Waals surface area contributed by atoms with Crippen LogP contribution in [0.15, 0.2) is 219 Å². The van der Waals surface area contributed by atoms with Gasteiger partial charge in [-0.2, -0.15) is 0 Å². The van der Waals surface area contributed by atoms with Crippen molar-refractivity contribution in [2.24, 2.45) is 0 Å². The molecule has 0 fully saturated rings. The minimum absolute atomic E-state index is 0. The van der Waals surface area contributed by atoms with Crippen LogP contribution in [0.2, 0.25) is 0 Å². The molecular weight excluding hydrogens is 1690 g/mol. The fraction of sp³-hybridized carbons (Fsp3) is 0. The quantitative estimate of drug-likeness (QED) is 0.0703. The first-order valence-electron chi connectivity index (χ1n) is 26.1. The summed E-state index contributed by atoms with van der Waals surface area (Å²) >= 11 is 0. The van der Waals surface area contributed by atoms with Crippen LogP contribution in [0.3, 0.4) is 0 Å². The maximum Gasteiger partial charge on any atom is 3.00 e. The van der Waals surface area contributed by atoms with Crippen LogP contribution in [0.1, 0.15) is 20.7 Å². The summed E-state index contributed by atoms with van der Waals surface area (Å²) in [6, 6.07) is 50.1. The van der Waals surface area contributed by atoms with Gasteiger partial charge in [0.05, 0.1) is 80.3 Å². The number of hydrogen-bond acceptors (Lipinski definition) is 16. The Kier molecular flexibility index (Phi) is 25.6. The number of pyridine rings is 10. The molecule has 16 nitrogen and oxygen atoms in total. The van der Waals surface area contributed by atoms with Crippen LogP contribution in [0.25, 0.3) is 91.1 Å². The van der Waals surface area contributed by atoms with Gasteiger partial charge in [-0.15, -0.1) is 0 Å². The fourth-order valence-electron chi connectivity index (χ4n) is 7.04. The van der Waals surface area contributed by atoms with E-state index in [0.29, 0.717) is 68.3 Å². The van der Waals surface area contributed by atoms with Crippen molar-refractivity contribution in [3.63, 3.8) is 0 Å². The number of aromatic carboxylic acids is 2. The molecule has 0 bridgehead atoms. The maximum atomic E-state index is 11.2. The minimum Gasteiger partial charge on any atom is -0.545 e. The Morgan fingerprint density at radius 2 is 0.363 bits per heavy atom. The second kappa shape index (κ2) is 30.0. The van der Waals surface area contributed by atoms with Crippen LogP contribution in [0, 0.1) is 0 Å². The molecule has 0 spiro atoms. The van der Waals surface area contributed by atoms with Crippen molar-refractivity contribution in [1.29, 1.82) is 0 Å². The second-order valence-electron chi connectivity index (χ2n) is 19.0. The van der Waals surface area contributed by atoms with Gasteiger partial charge in [-0.25, -0.2) is 19.9 Å². The summed E-state index contributed by atoms with van der Waals surface area (Å²) in [4.78, 5) is 76.0. The molecule has 0 N–H and O–H groups in total. The molecule has 11 aromatic heterocycles. The van der Waals surface area contributed by atoms with E-state index in [2.05, 4.69) is 49.8 Å². The Morgan fingerprint density at radius 1 is 0.225 bits per heavy atom. The topological polar surface area (TPSA) is 235 Å². The summed E-state index contributed by atoms with van der Waals surface area (Å²) in [6.45, 7) is 0. The molecule has 46 heteroatoms. The first-order valence-corrected chi connectivity index (χ1v) is 34.2. The van der Waals surface area contributed by atoms with Crippen molar-refractivity contribution in [3.05, 3.63) is 231 Å². The number of nitrogens with zero attached hydrogens (tertiary/aromatic N) is 12. The van der Waals surface area contributed by atoms with Crippen LogP contribution < -0.4 is 10.2 Å². The minimum atomic E-state index is -10.7. The Balaban J connectivity index is 0.000000336. The Bertz CT molecular complexity index is 4010. The largest absolute Gasteiger partial charge is 3.00 e. The first-order chi connectivity index (χ1) is 45.2. The van der Waals surface area contributed by atoms with Crippen LogP contribution in [-0.2, 0) is 39.0 Å². The van der Waals surface area contributed by atoms with E-state index in [1.165, 1.54) is 24.3 Å². The molecule has 0 aliphatic carbocycles. The van der Waals surface area contributed by atoms with Crippen molar-refractivity contribution in [1.82, 2.24) is 59.8 Å². The van der Waals surface area contributed by atoms with Gasteiger partial charge in [0.2, 0.25) is 0 Å². The summed E-state index contributed by atoms with van der Waals surface area (Å²) in [5.74, 6) is -2.52. The van der Waals surface area contributed by atoms with E-state index in [0.717, 1.165) is 22.8 Å². The van der Waals surface area contributed by atoms with E-state index in [9.17, 15) is 121 Å². The monoisotopic (exact) mass is 1720 g/mol. The predicted molar refractivity (Wildman–Crippen MR) is 319 cm³/mol. The van der Waals surface area contributed by atoms with Crippen molar-refractivity contribution >= 4 is 43.2 Å². The molecule has 0 unspecified atom stereocenters. The molecule has 0 atom stereocenters. The molecule has 0 aromatic carbocycles. The molecular formula is C56H36F24N12O4P4Ru2. The molecule has 11 heterocycles. The van der Waals surface area contributed by atoms with Crippen LogP contribution >= 0.6 is 31.2 Å². The van der Waals surface area contributed by atoms with E-state index in [1.54, 1.807) is 98.1 Å². The Hall–Kier alpha value is -9.19. The van der Waals surface area contributed by atoms with Gasteiger partial charge < -0.3 is 19.8 Å². The molecule has 0 saturated carbocycles. The van der Waals surface area contributed by atoms with Crippen LogP contribution in [0.4, 0.5) is 101 Å². The van der Waals surface area contributed by atoms with Crippen molar-refractivity contribution in [3.8, 4) is 91.1 Å². The molecule has 0 aliphatic rings. The zero-order valence-corrected chi connectivity index (χ0v) is 56.4. The normalized spacial score (nSPS) is 13.7. The maximum absolute atomic E-state index is 11.2. The molecule has 0 aliphatic heterocycles. The Morgan fingerprint density at radius 3 is 0.480 bits per heavy atom. The predicted octanol–water partition coefficient (Wildman–Crippen LogP) is 21.4. The molecule has 0 amide bonds. The number of carbonyl (C=O) groups is 2. The number of carboxylic acid groups (broad SMARTS) is 2. The standard InChI is InChI=1S/C24H16N6.2C16H11N3O2.4F6P.2Ru/c1-5-13-25-17(9-1)21-22(18-10-2-6-14-26-18)30-24(20-12-4-8-16-28-20)23(29-21)19-11-3-7-15-27-19;2*20-16(21)11-9-14(12-5-1-3-7-17-12)19-15(10-11)13-6-2-4-8-18-13;4*1-7(2,3,4,5)6;;/h1-16H;2*1-10H,(H,20,21);;;;;;/q;;;4*-1;2*+3/p-2. The number of hydrogen-bond donors (Lipinski definition) is 0. The van der Waals surface area contributed by atoms with Gasteiger partial charge in [0.1, 0.15) is 22.8 Å². The molecule has 102 heavy (non-hydrogen) atoms. The van der Waals surface area contributed by atoms with Gasteiger partial charge >= 0.3 is 171 Å². The van der Waals surface area contributed by atoms with E-state index in [-0.39, 0.29) is 50.1 Å². The number of aromatic nitrogens is 12. The third kappa shape index (κ3) is 40.3. The van der Waals surface area contributed by atoms with Gasteiger partial charge in [0.15, 0.2) is 0 Å². The van der Waals surface area contributed by atoms with Gasteiger partial charge in [0, 0.05) is 60.7 Å². The average molecular weight is 1720 g/mol. The zero-order valence-electron chi connectivity index (χ0n) is 49.4. The van der Waals surface area contributed by atoms with Gasteiger partial charge in [0.25, 0.3) is 0 Å². The SMILES string of the molecule is F[P-](F)(F)(F)(F)F.F[P-](F)(F)(F)(F)F.F[P-](F)(F)(F)(F)F.F[P-](F)(F)(F)(F)F.O=C([O-])c1cc(-c2ccccn2)nc(-c2ccccn2)c1.O=C([O-])c1cc(-c2ccccn2)nc(-c2ccccn2)c1.[Ru+3].[Ru+3].c1ccc(-c2nc(-c3ccccn3)c(-c3ccccn3)nc2-c2ccccn2)nc1. The number of carboxylic acids is 2. The molecule has 0 saturated heterocycles. The van der Waals surface area contributed by atoms with Crippen molar-refractivity contribution < 1.29 is 159 Å². The summed E-state index contributed by atoms with van der Waals surface area (Å²) in [6.07, 6.45) is 13.5. The zero-order chi connectivity index (χ0) is 75.1. The third-order valence-electron chi connectivity index (χ3n) is 10.4. The molecule has 548 valence electrons. The van der Waals surface area contributed by atoms with Gasteiger partial charge in [-0.3, -0.25) is 39.9 Å². The summed E-state index contributed by atoms with van der Waals surface area (Å²) < 4.78 is 237. The first kappa shape index (κ1) is 87.0. The summed E-state index contributed by atoms with van der Waals surface area (Å²) in [7, 11) is -42.6.